The van der Waals surface area contributed by atoms with E-state index in [0.717, 1.165) is 60.0 Å². The summed E-state index contributed by atoms with van der Waals surface area (Å²) in [7, 11) is 0. The summed E-state index contributed by atoms with van der Waals surface area (Å²) in [5.41, 5.74) is 3.64. The summed E-state index contributed by atoms with van der Waals surface area (Å²) in [5, 5.41) is 11.4. The van der Waals surface area contributed by atoms with Crippen LogP contribution in [0.1, 0.15) is 18.4 Å². The number of aromatic amines is 1. The van der Waals surface area contributed by atoms with E-state index in [1.807, 2.05) is 66.7 Å². The second-order valence-electron chi connectivity index (χ2n) is 8.57. The third-order valence-corrected chi connectivity index (χ3v) is 6.09. The Labute approximate surface area is 197 Å². The Morgan fingerprint density at radius 2 is 1.91 bits per heavy atom. The van der Waals surface area contributed by atoms with Crippen molar-refractivity contribution in [1.29, 1.82) is 0 Å². The van der Waals surface area contributed by atoms with Crippen molar-refractivity contribution in [2.75, 3.05) is 24.5 Å². The first-order chi connectivity index (χ1) is 16.6. The second kappa shape index (κ2) is 9.82. The summed E-state index contributed by atoms with van der Waals surface area (Å²) in [4.78, 5) is 25.9. The van der Waals surface area contributed by atoms with Crippen LogP contribution in [0.5, 0.6) is 5.75 Å². The number of benzene rings is 2. The third kappa shape index (κ3) is 5.11. The Balaban J connectivity index is 1.26. The van der Waals surface area contributed by atoms with Gasteiger partial charge < -0.3 is 25.0 Å². The van der Waals surface area contributed by atoms with Crippen molar-refractivity contribution < 1.29 is 14.6 Å². The molecule has 4 aromatic rings. The molecule has 1 atom stereocenters. The van der Waals surface area contributed by atoms with E-state index in [9.17, 15) is 4.79 Å². The lowest BCUT2D eigenvalue weighted by Gasteiger charge is -2.33. The number of pyridine rings is 1. The highest BCUT2D eigenvalue weighted by Crippen LogP contribution is 2.26. The van der Waals surface area contributed by atoms with Gasteiger partial charge in [-0.2, -0.15) is 0 Å². The highest BCUT2D eigenvalue weighted by Gasteiger charge is 2.22. The minimum atomic E-state index is -0.975. The first-order valence-electron chi connectivity index (χ1n) is 11.5. The highest BCUT2D eigenvalue weighted by molar-refractivity contribution is 5.77. The summed E-state index contributed by atoms with van der Waals surface area (Å²) in [6, 6.07) is 22.0. The molecule has 8 heteroatoms. The average Bonchev–Trinajstić information content (AvgIpc) is 3.31. The number of rotatable bonds is 7. The third-order valence-electron chi connectivity index (χ3n) is 6.09. The largest absolute Gasteiger partial charge is 0.489 e. The number of carboxylic acid groups (broad SMARTS) is 1. The van der Waals surface area contributed by atoms with Crippen LogP contribution in [0.3, 0.4) is 0 Å². The fourth-order valence-electron chi connectivity index (χ4n) is 4.32. The van der Waals surface area contributed by atoms with E-state index < -0.39 is 6.09 Å². The van der Waals surface area contributed by atoms with Crippen molar-refractivity contribution in [2.24, 2.45) is 5.92 Å². The zero-order chi connectivity index (χ0) is 23.3. The molecule has 0 radical (unpaired) electrons. The van der Waals surface area contributed by atoms with Crippen LogP contribution in [0.4, 0.5) is 10.6 Å². The molecule has 1 saturated heterocycles. The van der Waals surface area contributed by atoms with E-state index in [0.29, 0.717) is 18.8 Å². The van der Waals surface area contributed by atoms with Gasteiger partial charge in [-0.1, -0.05) is 30.3 Å². The van der Waals surface area contributed by atoms with Gasteiger partial charge in [-0.25, -0.2) is 14.8 Å². The molecule has 3 heterocycles. The SMILES string of the molecule is O=C(O)NCC1CCCN(c2ccc3[nH]c(-c4ccc(OCc5ccccc5)cc4)nc3n2)C1. The minimum absolute atomic E-state index is 0.278. The van der Waals surface area contributed by atoms with E-state index in [1.165, 1.54) is 0 Å². The zero-order valence-corrected chi connectivity index (χ0v) is 18.8. The number of fused-ring (bicyclic) bond motifs is 1. The van der Waals surface area contributed by atoms with Gasteiger partial charge in [0.15, 0.2) is 5.65 Å². The average molecular weight is 458 g/mol. The molecule has 34 heavy (non-hydrogen) atoms. The molecule has 1 aliphatic heterocycles. The molecule has 0 saturated carbocycles. The molecule has 2 aromatic heterocycles. The number of hydrogen-bond donors (Lipinski definition) is 3. The predicted octanol–water partition coefficient (Wildman–Crippen LogP) is 4.69. The molecule has 1 fully saturated rings. The Bertz CT molecular complexity index is 1260. The maximum Gasteiger partial charge on any atom is 0.404 e. The lowest BCUT2D eigenvalue weighted by atomic mass is 9.98. The van der Waals surface area contributed by atoms with Crippen molar-refractivity contribution in [3.8, 4) is 17.1 Å². The lowest BCUT2D eigenvalue weighted by molar-refractivity contribution is 0.191. The molecule has 8 nitrogen and oxygen atoms in total. The maximum atomic E-state index is 10.8. The quantitative estimate of drug-likeness (QED) is 0.372. The second-order valence-corrected chi connectivity index (χ2v) is 8.57. The van der Waals surface area contributed by atoms with Gasteiger partial charge >= 0.3 is 6.09 Å². The predicted molar refractivity (Wildman–Crippen MR) is 131 cm³/mol. The number of nitrogens with zero attached hydrogens (tertiary/aromatic N) is 3. The van der Waals surface area contributed by atoms with Gasteiger partial charge in [0.05, 0.1) is 5.52 Å². The van der Waals surface area contributed by atoms with Gasteiger partial charge in [0, 0.05) is 25.2 Å². The number of ether oxygens (including phenoxy) is 1. The summed E-state index contributed by atoms with van der Waals surface area (Å²) < 4.78 is 5.88. The topological polar surface area (TPSA) is 103 Å². The summed E-state index contributed by atoms with van der Waals surface area (Å²) in [6.07, 6.45) is 1.05. The van der Waals surface area contributed by atoms with Gasteiger partial charge in [0.2, 0.25) is 0 Å². The number of anilines is 1. The van der Waals surface area contributed by atoms with Gasteiger partial charge in [-0.15, -0.1) is 0 Å². The van der Waals surface area contributed by atoms with E-state index in [4.69, 9.17) is 19.8 Å². The van der Waals surface area contributed by atoms with Crippen LogP contribution in [0, 0.1) is 5.92 Å². The number of hydrogen-bond acceptors (Lipinski definition) is 5. The number of nitrogens with one attached hydrogen (secondary N) is 2. The monoisotopic (exact) mass is 457 g/mol. The number of carbonyl (C=O) groups is 1. The normalized spacial score (nSPS) is 15.9. The van der Waals surface area contributed by atoms with Crippen molar-refractivity contribution in [3.05, 3.63) is 72.3 Å². The molecule has 2 aromatic carbocycles. The van der Waals surface area contributed by atoms with Crippen LogP contribution in [0.2, 0.25) is 0 Å². The van der Waals surface area contributed by atoms with Crippen LogP contribution < -0.4 is 15.0 Å². The van der Waals surface area contributed by atoms with E-state index in [-0.39, 0.29) is 5.92 Å². The molecular weight excluding hydrogens is 430 g/mol. The fraction of sp³-hybridized carbons (Fsp3) is 0.269. The van der Waals surface area contributed by atoms with Crippen molar-refractivity contribution >= 4 is 23.1 Å². The molecular formula is C26H27N5O3. The molecule has 5 rings (SSSR count). The number of imidazole rings is 1. The molecule has 3 N–H and O–H groups in total. The van der Waals surface area contributed by atoms with Crippen LogP contribution in [0.15, 0.2) is 66.7 Å². The van der Waals surface area contributed by atoms with Gasteiger partial charge in [0.1, 0.15) is 24.0 Å². The Morgan fingerprint density at radius 3 is 2.71 bits per heavy atom. The van der Waals surface area contributed by atoms with Gasteiger partial charge in [0.25, 0.3) is 0 Å². The number of H-pyrrole nitrogens is 1. The van der Waals surface area contributed by atoms with Gasteiger partial charge in [-0.05, 0) is 60.7 Å². The minimum Gasteiger partial charge on any atom is -0.489 e. The summed E-state index contributed by atoms with van der Waals surface area (Å²) >= 11 is 0. The number of amides is 1. The lowest BCUT2D eigenvalue weighted by Crippen LogP contribution is -2.41. The van der Waals surface area contributed by atoms with Crippen LogP contribution in [-0.4, -0.2) is 45.8 Å². The smallest absolute Gasteiger partial charge is 0.404 e. The van der Waals surface area contributed by atoms with Crippen molar-refractivity contribution in [3.63, 3.8) is 0 Å². The zero-order valence-electron chi connectivity index (χ0n) is 18.8. The molecule has 0 aliphatic carbocycles. The molecule has 1 amide bonds. The molecule has 0 bridgehead atoms. The first kappa shape index (κ1) is 21.8. The number of piperidine rings is 1. The molecule has 1 aliphatic rings. The van der Waals surface area contributed by atoms with Crippen LogP contribution in [0.25, 0.3) is 22.6 Å². The fourth-order valence-corrected chi connectivity index (χ4v) is 4.32. The van der Waals surface area contributed by atoms with Crippen LogP contribution in [-0.2, 0) is 6.61 Å². The van der Waals surface area contributed by atoms with Crippen molar-refractivity contribution in [1.82, 2.24) is 20.3 Å². The Hall–Kier alpha value is -4.07. The maximum absolute atomic E-state index is 10.8. The van der Waals surface area contributed by atoms with Gasteiger partial charge in [-0.3, -0.25) is 0 Å². The summed E-state index contributed by atoms with van der Waals surface area (Å²) in [5.74, 6) is 2.72. The van der Waals surface area contributed by atoms with Crippen molar-refractivity contribution in [2.45, 2.75) is 19.4 Å². The molecule has 1 unspecified atom stereocenters. The standard InChI is InChI=1S/C26H27N5O3/c32-26(33)27-15-19-7-4-14-31(16-19)23-13-12-22-25(29-23)30-24(28-22)20-8-10-21(11-9-20)34-17-18-5-2-1-3-6-18/h1-3,5-6,8-13,19,27H,4,7,14-17H2,(H,32,33)(H,28,29,30). The molecule has 174 valence electrons. The van der Waals surface area contributed by atoms with Crippen LogP contribution >= 0.6 is 0 Å². The van der Waals surface area contributed by atoms with E-state index in [1.54, 1.807) is 0 Å². The Kier molecular flexibility index (Phi) is 6.29. The highest BCUT2D eigenvalue weighted by atomic mass is 16.5. The Morgan fingerprint density at radius 1 is 1.09 bits per heavy atom. The molecule has 0 spiro atoms. The van der Waals surface area contributed by atoms with E-state index in [2.05, 4.69) is 15.2 Å². The number of aromatic nitrogens is 3. The van der Waals surface area contributed by atoms with E-state index >= 15 is 0 Å². The first-order valence-corrected chi connectivity index (χ1v) is 11.5. The summed E-state index contributed by atoms with van der Waals surface area (Å²) in [6.45, 7) is 2.68.